The zero-order valence-electron chi connectivity index (χ0n) is 9.56. The Morgan fingerprint density at radius 2 is 2.18 bits per heavy atom. The number of hydrogen-bond acceptors (Lipinski definition) is 4. The molecule has 1 spiro atoms. The van der Waals surface area contributed by atoms with E-state index in [4.69, 9.17) is 0 Å². The number of likely N-dealkylation sites (tertiary alicyclic amines) is 1. The summed E-state index contributed by atoms with van der Waals surface area (Å²) in [5, 5.41) is 1.92. The van der Waals surface area contributed by atoms with Gasteiger partial charge >= 0.3 is 0 Å². The molecule has 4 nitrogen and oxygen atoms in total. The van der Waals surface area contributed by atoms with Crippen molar-refractivity contribution in [2.24, 2.45) is 0 Å². The molecule has 1 saturated heterocycles. The molecule has 0 aliphatic carbocycles. The van der Waals surface area contributed by atoms with Crippen LogP contribution in [0.4, 0.5) is 0 Å². The smallest absolute Gasteiger partial charge is 0.264 e. The quantitative estimate of drug-likeness (QED) is 0.767. The van der Waals surface area contributed by atoms with Crippen LogP contribution in [-0.2, 0) is 15.7 Å². The molecule has 1 N–H and O–H groups in total. The number of nitrogens with zero attached hydrogens (tertiary/aromatic N) is 1. The lowest BCUT2D eigenvalue weighted by molar-refractivity contribution is 0.0974. The summed E-state index contributed by atoms with van der Waals surface area (Å²) in [5.74, 6) is -0.191. The number of carbonyl (C=O) groups is 1. The van der Waals surface area contributed by atoms with Crippen LogP contribution in [0.5, 0.6) is 0 Å². The molecule has 0 bridgehead atoms. The molecule has 1 fully saturated rings. The van der Waals surface area contributed by atoms with Gasteiger partial charge in [-0.2, -0.15) is 0 Å². The predicted octanol–water partition coefficient (Wildman–Crippen LogP) is 1.08. The highest BCUT2D eigenvalue weighted by atomic mass is 32.2. The highest BCUT2D eigenvalue weighted by molar-refractivity contribution is 7.85. The molecule has 1 amide bonds. The maximum atomic E-state index is 12.3. The van der Waals surface area contributed by atoms with Gasteiger partial charge < -0.3 is 4.90 Å². The number of hydrogen-bond donors (Lipinski definition) is 1. The zero-order chi connectivity index (χ0) is 12.0. The molecule has 3 heterocycles. The van der Waals surface area contributed by atoms with Crippen LogP contribution in [-0.4, -0.2) is 35.2 Å². The molecule has 92 valence electrons. The lowest BCUT2D eigenvalue weighted by atomic mass is 9.91. The van der Waals surface area contributed by atoms with Crippen LogP contribution in [0.2, 0.25) is 0 Å². The molecular weight excluding hydrogens is 256 g/mol. The highest BCUT2D eigenvalue weighted by Crippen LogP contribution is 2.44. The van der Waals surface area contributed by atoms with Crippen molar-refractivity contribution in [1.82, 2.24) is 9.62 Å². The van der Waals surface area contributed by atoms with E-state index in [0.29, 0.717) is 0 Å². The Balaban J connectivity index is 2.08. The lowest BCUT2D eigenvalue weighted by Gasteiger charge is -2.41. The molecule has 6 heteroatoms. The molecule has 17 heavy (non-hydrogen) atoms. The average molecular weight is 270 g/mol. The van der Waals surface area contributed by atoms with E-state index in [1.165, 1.54) is 0 Å². The van der Waals surface area contributed by atoms with Crippen molar-refractivity contribution >= 4 is 28.2 Å². The van der Waals surface area contributed by atoms with Crippen LogP contribution < -0.4 is 4.72 Å². The van der Waals surface area contributed by atoms with Gasteiger partial charge in [-0.05, 0) is 44.4 Å². The fourth-order valence-corrected chi connectivity index (χ4v) is 5.28. The highest BCUT2D eigenvalue weighted by Gasteiger charge is 2.48. The van der Waals surface area contributed by atoms with Crippen LogP contribution in [0.25, 0.3) is 0 Å². The van der Waals surface area contributed by atoms with Crippen molar-refractivity contribution in [2.45, 2.75) is 17.6 Å². The Labute approximate surface area is 107 Å². The summed E-state index contributed by atoms with van der Waals surface area (Å²) in [4.78, 5) is 15.0. The molecule has 1 aromatic heterocycles. The Bertz CT molecular complexity index is 489. The maximum Gasteiger partial charge on any atom is 0.264 e. The summed E-state index contributed by atoms with van der Waals surface area (Å²) in [5.41, 5.74) is 0.721. The van der Waals surface area contributed by atoms with E-state index in [9.17, 15) is 9.00 Å². The van der Waals surface area contributed by atoms with E-state index in [2.05, 4.69) is 16.7 Å². The number of fused-ring (bicyclic) bond motifs is 2. The minimum atomic E-state index is -1.29. The van der Waals surface area contributed by atoms with Crippen LogP contribution in [0.1, 0.15) is 28.1 Å². The summed E-state index contributed by atoms with van der Waals surface area (Å²) in [6.07, 6.45) is 1.70. The molecule has 0 saturated carbocycles. The number of amides is 1. The van der Waals surface area contributed by atoms with E-state index in [1.807, 2.05) is 11.4 Å². The minimum Gasteiger partial charge on any atom is -0.306 e. The average Bonchev–Trinajstić information content (AvgIpc) is 2.79. The van der Waals surface area contributed by atoms with Crippen molar-refractivity contribution in [2.75, 3.05) is 20.1 Å². The van der Waals surface area contributed by atoms with Gasteiger partial charge in [-0.3, -0.25) is 9.52 Å². The van der Waals surface area contributed by atoms with Crippen molar-refractivity contribution in [3.63, 3.8) is 0 Å². The molecular formula is C11H14N2O2S2. The molecule has 2 aliphatic rings. The first-order valence-corrected chi connectivity index (χ1v) is 7.66. The Hall–Kier alpha value is -0.720. The second kappa shape index (κ2) is 3.90. The standard InChI is InChI=1S/C11H14N2O2S2/c1-13-5-3-11(4-6-13)9-8(2-7-16-9)10(14)12-17(11)15/h2,7H,3-6H2,1H3,(H,12,14). The number of thiophene rings is 1. The largest absolute Gasteiger partial charge is 0.306 e. The zero-order valence-corrected chi connectivity index (χ0v) is 11.2. The van der Waals surface area contributed by atoms with Gasteiger partial charge in [0, 0.05) is 4.88 Å². The van der Waals surface area contributed by atoms with Gasteiger partial charge in [0.2, 0.25) is 0 Å². The first kappa shape index (κ1) is 11.4. The summed E-state index contributed by atoms with van der Waals surface area (Å²) >= 11 is 1.57. The monoisotopic (exact) mass is 270 g/mol. The van der Waals surface area contributed by atoms with Crippen molar-refractivity contribution in [1.29, 1.82) is 0 Å². The first-order valence-electron chi connectivity index (χ1n) is 5.63. The Kier molecular flexibility index (Phi) is 2.61. The molecule has 1 atom stereocenters. The van der Waals surface area contributed by atoms with Gasteiger partial charge in [0.25, 0.3) is 5.91 Å². The van der Waals surface area contributed by atoms with E-state index >= 15 is 0 Å². The number of rotatable bonds is 0. The topological polar surface area (TPSA) is 49.4 Å². The van der Waals surface area contributed by atoms with Crippen molar-refractivity contribution in [3.8, 4) is 0 Å². The third-order valence-corrected chi connectivity index (χ3v) is 6.60. The molecule has 1 aromatic rings. The molecule has 0 aromatic carbocycles. The molecule has 1 unspecified atom stereocenters. The molecule has 3 rings (SSSR count). The van der Waals surface area contributed by atoms with Crippen LogP contribution in [0.15, 0.2) is 11.4 Å². The first-order chi connectivity index (χ1) is 8.13. The normalized spacial score (nSPS) is 27.8. The van der Waals surface area contributed by atoms with Crippen LogP contribution >= 0.6 is 11.3 Å². The van der Waals surface area contributed by atoms with Gasteiger partial charge in [0.1, 0.15) is 15.7 Å². The number of piperidine rings is 1. The maximum absolute atomic E-state index is 12.3. The summed E-state index contributed by atoms with van der Waals surface area (Å²) in [7, 11) is 0.790. The van der Waals surface area contributed by atoms with Crippen molar-refractivity contribution in [3.05, 3.63) is 21.9 Å². The van der Waals surface area contributed by atoms with Gasteiger partial charge in [-0.25, -0.2) is 4.21 Å². The van der Waals surface area contributed by atoms with Crippen LogP contribution in [0, 0.1) is 0 Å². The van der Waals surface area contributed by atoms with E-state index in [0.717, 1.165) is 36.4 Å². The second-order valence-corrected chi connectivity index (χ2v) is 7.10. The Morgan fingerprint density at radius 1 is 1.47 bits per heavy atom. The van der Waals surface area contributed by atoms with Gasteiger partial charge in [0.05, 0.1) is 5.56 Å². The second-order valence-electron chi connectivity index (χ2n) is 4.66. The summed E-state index contributed by atoms with van der Waals surface area (Å²) < 4.78 is 14.6. The summed E-state index contributed by atoms with van der Waals surface area (Å²) in [6.45, 7) is 1.86. The predicted molar refractivity (Wildman–Crippen MR) is 68.3 cm³/mol. The van der Waals surface area contributed by atoms with E-state index in [-0.39, 0.29) is 10.7 Å². The third kappa shape index (κ3) is 1.58. The van der Waals surface area contributed by atoms with Gasteiger partial charge in [-0.1, -0.05) is 0 Å². The van der Waals surface area contributed by atoms with Crippen molar-refractivity contribution < 1.29 is 9.00 Å². The fraction of sp³-hybridized carbons (Fsp3) is 0.545. The van der Waals surface area contributed by atoms with E-state index < -0.39 is 11.0 Å². The lowest BCUT2D eigenvalue weighted by Crippen LogP contribution is -2.51. The molecule has 2 aliphatic heterocycles. The number of carbonyl (C=O) groups excluding carboxylic acids is 1. The Morgan fingerprint density at radius 3 is 2.88 bits per heavy atom. The third-order valence-electron chi connectivity index (χ3n) is 3.66. The van der Waals surface area contributed by atoms with Crippen LogP contribution in [0.3, 0.4) is 0 Å². The minimum absolute atomic E-state index is 0.191. The fourth-order valence-electron chi connectivity index (χ4n) is 2.55. The SMILES string of the molecule is CN1CCC2(CC1)c1sccc1C(=O)NS2=O. The van der Waals surface area contributed by atoms with Gasteiger partial charge in [0.15, 0.2) is 0 Å². The van der Waals surface area contributed by atoms with Gasteiger partial charge in [-0.15, -0.1) is 11.3 Å². The molecule has 0 radical (unpaired) electrons. The van der Waals surface area contributed by atoms with E-state index in [1.54, 1.807) is 11.3 Å². The number of nitrogens with one attached hydrogen (secondary N) is 1. The summed E-state index contributed by atoms with van der Waals surface area (Å²) in [6, 6.07) is 1.84.